The number of aryl methyl sites for hydroxylation is 1. The number of carbonyl (C=O) groups excluding carboxylic acids is 1. The van der Waals surface area contributed by atoms with Crippen LogP contribution in [-0.4, -0.2) is 45.3 Å². The first-order valence-corrected chi connectivity index (χ1v) is 7.89. The van der Waals surface area contributed by atoms with Crippen molar-refractivity contribution in [2.24, 2.45) is 7.05 Å². The lowest BCUT2D eigenvalue weighted by Gasteiger charge is -2.31. The minimum absolute atomic E-state index is 0.0868. The average Bonchev–Trinajstić information content (AvgIpc) is 3.13. The minimum Gasteiger partial charge on any atom is -0.422 e. The van der Waals surface area contributed by atoms with E-state index < -0.39 is 6.10 Å². The van der Waals surface area contributed by atoms with Gasteiger partial charge in [-0.15, -0.1) is 10.2 Å². The average molecular weight is 339 g/mol. The number of ether oxygens (including phenoxy) is 1. The molecule has 1 fully saturated rings. The molecular formula is C15H19ClN4O3. The van der Waals surface area contributed by atoms with Crippen molar-refractivity contribution in [2.75, 3.05) is 19.7 Å². The van der Waals surface area contributed by atoms with Gasteiger partial charge in [0.05, 0.1) is 18.2 Å². The van der Waals surface area contributed by atoms with Gasteiger partial charge in [-0.25, -0.2) is 0 Å². The van der Waals surface area contributed by atoms with Crippen LogP contribution in [0.3, 0.4) is 0 Å². The first kappa shape index (κ1) is 16.0. The van der Waals surface area contributed by atoms with E-state index in [1.165, 1.54) is 0 Å². The zero-order valence-electron chi connectivity index (χ0n) is 13.3. The fraction of sp³-hybridized carbons (Fsp3) is 0.533. The molecule has 1 saturated heterocycles. The van der Waals surface area contributed by atoms with Crippen molar-refractivity contribution < 1.29 is 13.9 Å². The highest BCUT2D eigenvalue weighted by atomic mass is 35.5. The predicted molar refractivity (Wildman–Crippen MR) is 83.4 cm³/mol. The monoisotopic (exact) mass is 338 g/mol. The molecule has 23 heavy (non-hydrogen) atoms. The fourth-order valence-corrected chi connectivity index (χ4v) is 2.74. The Morgan fingerprint density at radius 3 is 2.83 bits per heavy atom. The van der Waals surface area contributed by atoms with E-state index in [1.807, 2.05) is 13.8 Å². The number of morpholine rings is 1. The third-order valence-electron chi connectivity index (χ3n) is 3.77. The number of nitrogens with zero attached hydrogens (tertiary/aromatic N) is 4. The van der Waals surface area contributed by atoms with Crippen molar-refractivity contribution in [3.63, 3.8) is 0 Å². The maximum absolute atomic E-state index is 12.6. The highest BCUT2D eigenvalue weighted by molar-refractivity contribution is 6.31. The molecule has 1 atom stereocenters. The first-order valence-electron chi connectivity index (χ1n) is 7.51. The Morgan fingerprint density at radius 2 is 2.22 bits per heavy atom. The van der Waals surface area contributed by atoms with Crippen LogP contribution >= 0.6 is 11.6 Å². The Bertz CT molecular complexity index is 709. The van der Waals surface area contributed by atoms with Crippen LogP contribution in [0.2, 0.25) is 5.02 Å². The summed E-state index contributed by atoms with van der Waals surface area (Å²) >= 11 is 5.96. The van der Waals surface area contributed by atoms with Crippen molar-refractivity contribution >= 4 is 17.5 Å². The molecule has 1 unspecified atom stereocenters. The molecule has 2 aromatic heterocycles. The molecule has 1 amide bonds. The van der Waals surface area contributed by atoms with Crippen molar-refractivity contribution in [3.8, 4) is 0 Å². The smallest absolute Gasteiger partial charge is 0.270 e. The van der Waals surface area contributed by atoms with Gasteiger partial charge in [0.1, 0.15) is 5.69 Å². The van der Waals surface area contributed by atoms with Gasteiger partial charge in [0.25, 0.3) is 5.91 Å². The molecule has 1 aliphatic rings. The number of amides is 1. The third-order valence-corrected chi connectivity index (χ3v) is 3.98. The zero-order chi connectivity index (χ0) is 16.6. The number of hydrogen-bond donors (Lipinski definition) is 0. The molecule has 1 aliphatic heterocycles. The lowest BCUT2D eigenvalue weighted by Crippen LogP contribution is -2.42. The summed E-state index contributed by atoms with van der Waals surface area (Å²) in [5.41, 5.74) is 0.545. The van der Waals surface area contributed by atoms with Crippen molar-refractivity contribution in [2.45, 2.75) is 25.9 Å². The summed E-state index contributed by atoms with van der Waals surface area (Å²) in [5.74, 6) is 1.05. The molecule has 0 radical (unpaired) electrons. The van der Waals surface area contributed by atoms with Crippen molar-refractivity contribution in [3.05, 3.63) is 34.8 Å². The summed E-state index contributed by atoms with van der Waals surface area (Å²) in [5, 5.41) is 8.60. The van der Waals surface area contributed by atoms with Gasteiger partial charge in [-0.05, 0) is 6.07 Å². The summed E-state index contributed by atoms with van der Waals surface area (Å²) in [6, 6.07) is 1.66. The topological polar surface area (TPSA) is 73.4 Å². The molecule has 0 aromatic carbocycles. The molecule has 3 heterocycles. The van der Waals surface area contributed by atoms with E-state index in [2.05, 4.69) is 10.2 Å². The van der Waals surface area contributed by atoms with E-state index in [9.17, 15) is 4.79 Å². The fourth-order valence-electron chi connectivity index (χ4n) is 2.49. The Labute approximate surface area is 139 Å². The zero-order valence-corrected chi connectivity index (χ0v) is 14.1. The molecule has 7 nitrogen and oxygen atoms in total. The summed E-state index contributed by atoms with van der Waals surface area (Å²) in [6.07, 6.45) is 1.31. The number of rotatable bonds is 3. The van der Waals surface area contributed by atoms with E-state index in [1.54, 1.807) is 28.8 Å². The molecule has 0 saturated carbocycles. The lowest BCUT2D eigenvalue weighted by atomic mass is 10.2. The molecule has 0 aliphatic carbocycles. The molecule has 124 valence electrons. The quantitative estimate of drug-likeness (QED) is 0.859. The summed E-state index contributed by atoms with van der Waals surface area (Å²) in [7, 11) is 1.80. The highest BCUT2D eigenvalue weighted by Crippen LogP contribution is 2.25. The molecule has 2 aromatic rings. The Morgan fingerprint density at radius 1 is 1.43 bits per heavy atom. The number of hydrogen-bond acceptors (Lipinski definition) is 5. The third kappa shape index (κ3) is 3.25. The normalized spacial score (nSPS) is 18.7. The molecule has 0 N–H and O–H groups in total. The van der Waals surface area contributed by atoms with Crippen LogP contribution in [0.25, 0.3) is 0 Å². The van der Waals surface area contributed by atoms with Gasteiger partial charge in [0, 0.05) is 25.7 Å². The second-order valence-corrected chi connectivity index (χ2v) is 6.33. The van der Waals surface area contributed by atoms with Gasteiger partial charge in [0.15, 0.2) is 6.10 Å². The van der Waals surface area contributed by atoms with Gasteiger partial charge in [-0.3, -0.25) is 4.79 Å². The van der Waals surface area contributed by atoms with Crippen LogP contribution < -0.4 is 0 Å². The molecule has 3 rings (SSSR count). The summed E-state index contributed by atoms with van der Waals surface area (Å²) in [4.78, 5) is 14.4. The van der Waals surface area contributed by atoms with E-state index >= 15 is 0 Å². The largest absolute Gasteiger partial charge is 0.422 e. The molecular weight excluding hydrogens is 320 g/mol. The van der Waals surface area contributed by atoms with Crippen LogP contribution in [-0.2, 0) is 11.8 Å². The summed E-state index contributed by atoms with van der Waals surface area (Å²) in [6.45, 7) is 5.28. The van der Waals surface area contributed by atoms with Crippen LogP contribution in [0.1, 0.15) is 48.1 Å². The minimum atomic E-state index is -0.400. The summed E-state index contributed by atoms with van der Waals surface area (Å²) < 4.78 is 13.0. The predicted octanol–water partition coefficient (Wildman–Crippen LogP) is 2.40. The first-order chi connectivity index (χ1) is 11.0. The standard InChI is InChI=1S/C15H19ClN4O3/c1-9(2)13-17-18-14(23-13)12-8-20(4-5-22-12)15(21)11-6-10(16)7-19(11)3/h6-7,9,12H,4-5,8H2,1-3H3. The van der Waals surface area contributed by atoms with Crippen molar-refractivity contribution in [1.82, 2.24) is 19.7 Å². The van der Waals surface area contributed by atoms with E-state index in [-0.39, 0.29) is 11.8 Å². The Balaban J connectivity index is 1.75. The maximum atomic E-state index is 12.6. The van der Waals surface area contributed by atoms with Crippen LogP contribution in [0.4, 0.5) is 0 Å². The molecule has 0 bridgehead atoms. The van der Waals surface area contributed by atoms with Gasteiger partial charge < -0.3 is 18.6 Å². The lowest BCUT2D eigenvalue weighted by molar-refractivity contribution is -0.0353. The maximum Gasteiger partial charge on any atom is 0.270 e. The SMILES string of the molecule is CC(C)c1nnc(C2CN(C(=O)c3cc(Cl)cn3C)CCO2)o1. The van der Waals surface area contributed by atoms with Crippen molar-refractivity contribution in [1.29, 1.82) is 0 Å². The van der Waals surface area contributed by atoms with E-state index in [0.29, 0.717) is 42.2 Å². The Kier molecular flexibility index (Phi) is 4.41. The van der Waals surface area contributed by atoms with Crippen LogP contribution in [0.5, 0.6) is 0 Å². The van der Waals surface area contributed by atoms with Gasteiger partial charge >= 0.3 is 0 Å². The Hall–Kier alpha value is -1.86. The van der Waals surface area contributed by atoms with Gasteiger partial charge in [-0.2, -0.15) is 0 Å². The molecule has 8 heteroatoms. The van der Waals surface area contributed by atoms with Gasteiger partial charge in [-0.1, -0.05) is 25.4 Å². The second-order valence-electron chi connectivity index (χ2n) is 5.90. The van der Waals surface area contributed by atoms with E-state index in [0.717, 1.165) is 0 Å². The van der Waals surface area contributed by atoms with Gasteiger partial charge in [0.2, 0.25) is 11.8 Å². The van der Waals surface area contributed by atoms with Crippen LogP contribution in [0, 0.1) is 0 Å². The number of carbonyl (C=O) groups is 1. The highest BCUT2D eigenvalue weighted by Gasteiger charge is 2.30. The van der Waals surface area contributed by atoms with Crippen LogP contribution in [0.15, 0.2) is 16.7 Å². The van der Waals surface area contributed by atoms with E-state index in [4.69, 9.17) is 20.8 Å². The molecule has 0 spiro atoms. The number of halogens is 1. The second kappa shape index (κ2) is 6.33. The number of aromatic nitrogens is 3.